The molecule has 0 spiro atoms. The van der Waals surface area contributed by atoms with Crippen LogP contribution in [0, 0.1) is 16.0 Å². The normalized spacial score (nSPS) is 17.6. The second-order valence-electron chi connectivity index (χ2n) is 16.0. The SMILES string of the molecule is O=C(NS(=O)(=O)c1ccc(NC[C@@H]2COCCO2)c([N+](=O)[O-])c1)c1ccc(N2CCC(C(O)c3ccccc3-c3ccc(Cl)cc3)CC2)cc1N1CCCOc2nc3[nH]ccc3cc21. The zero-order valence-electron chi connectivity index (χ0n) is 34.6. The fourth-order valence-electron chi connectivity index (χ4n) is 8.62. The van der Waals surface area contributed by atoms with E-state index < -0.39 is 37.5 Å². The van der Waals surface area contributed by atoms with Gasteiger partial charge in [0, 0.05) is 54.5 Å². The summed E-state index contributed by atoms with van der Waals surface area (Å²) in [6.45, 7) is 3.38. The molecular weight excluding hydrogens is 862 g/mol. The van der Waals surface area contributed by atoms with Crippen molar-refractivity contribution in [1.29, 1.82) is 0 Å². The Labute approximate surface area is 374 Å². The van der Waals surface area contributed by atoms with Gasteiger partial charge in [0.05, 0.1) is 59.7 Å². The van der Waals surface area contributed by atoms with E-state index in [2.05, 4.69) is 19.9 Å². The molecule has 5 heterocycles. The maximum Gasteiger partial charge on any atom is 0.293 e. The fraction of sp³-hybridized carbons (Fsp3) is 0.304. The number of fused-ring (bicyclic) bond motifs is 2. The number of ether oxygens (including phenoxy) is 3. The highest BCUT2D eigenvalue weighted by molar-refractivity contribution is 7.90. The largest absolute Gasteiger partial charge is 0.476 e. The molecule has 3 aliphatic heterocycles. The predicted molar refractivity (Wildman–Crippen MR) is 243 cm³/mol. The van der Waals surface area contributed by atoms with Crippen LogP contribution in [0.2, 0.25) is 5.02 Å². The van der Waals surface area contributed by atoms with E-state index >= 15 is 0 Å². The van der Waals surface area contributed by atoms with Crippen molar-refractivity contribution >= 4 is 67.0 Å². The zero-order valence-corrected chi connectivity index (χ0v) is 36.2. The highest BCUT2D eigenvalue weighted by Crippen LogP contribution is 2.42. The second kappa shape index (κ2) is 18.5. The van der Waals surface area contributed by atoms with Crippen molar-refractivity contribution in [2.75, 3.05) is 67.7 Å². The van der Waals surface area contributed by atoms with E-state index in [1.807, 2.05) is 71.6 Å². The molecule has 4 aromatic carbocycles. The molecule has 0 bridgehead atoms. The molecule has 2 aromatic heterocycles. The number of piperidine rings is 1. The van der Waals surface area contributed by atoms with E-state index in [1.165, 1.54) is 12.1 Å². The Bertz CT molecular complexity index is 2790. The van der Waals surface area contributed by atoms with Gasteiger partial charge in [-0.2, -0.15) is 4.98 Å². The summed E-state index contributed by atoms with van der Waals surface area (Å²) in [6.07, 6.45) is 2.67. The number of aliphatic hydroxyl groups is 1. The molecule has 3 aliphatic rings. The van der Waals surface area contributed by atoms with Gasteiger partial charge in [-0.1, -0.05) is 48.0 Å². The van der Waals surface area contributed by atoms with Crippen molar-refractivity contribution in [3.63, 3.8) is 0 Å². The van der Waals surface area contributed by atoms with Gasteiger partial charge in [-0.15, -0.1) is 0 Å². The number of carbonyl (C=O) groups excluding carboxylic acids is 1. The Kier molecular flexibility index (Phi) is 12.4. The molecular formula is C46H46ClN7O9S. The standard InChI is InChI=1S/C46H46ClN7O9S/c47-32-8-6-29(7-9-32)36-4-1-2-5-37(36)43(55)30-15-19-52(20-16-30)33-10-12-38(40(25-33)53-18-3-21-63-46-42(53)24-31-14-17-48-44(31)50-46)45(56)51-64(59,60)35-11-13-39(41(26-35)54(57)58)49-27-34-28-61-22-23-62-34/h1-2,4-14,17,24-26,30,34,43,49,55H,3,15-16,18-23,27-28H2,(H,48,50)(H,51,56)/t34-,43?/m1/s1. The van der Waals surface area contributed by atoms with Gasteiger partial charge in [-0.3, -0.25) is 14.9 Å². The van der Waals surface area contributed by atoms with Gasteiger partial charge < -0.3 is 39.4 Å². The molecule has 9 rings (SSSR count). The number of rotatable bonds is 12. The Balaban J connectivity index is 0.996. The summed E-state index contributed by atoms with van der Waals surface area (Å²) in [4.78, 5) is 37.3. The van der Waals surface area contributed by atoms with Crippen LogP contribution in [0.1, 0.15) is 41.3 Å². The smallest absolute Gasteiger partial charge is 0.293 e. The van der Waals surface area contributed by atoms with E-state index in [0.717, 1.165) is 33.8 Å². The number of nitrogens with zero attached hydrogens (tertiary/aromatic N) is 4. The van der Waals surface area contributed by atoms with Gasteiger partial charge in [0.2, 0.25) is 5.88 Å². The van der Waals surface area contributed by atoms with Crippen LogP contribution >= 0.6 is 11.6 Å². The number of sulfonamides is 1. The highest BCUT2D eigenvalue weighted by Gasteiger charge is 2.32. The Hall–Kier alpha value is -6.24. The first-order valence-electron chi connectivity index (χ1n) is 21.1. The number of H-pyrrole nitrogens is 1. The molecule has 6 aromatic rings. The Morgan fingerprint density at radius 3 is 2.56 bits per heavy atom. The van der Waals surface area contributed by atoms with Crippen molar-refractivity contribution in [1.82, 2.24) is 14.7 Å². The average Bonchev–Trinajstić information content (AvgIpc) is 3.68. The lowest BCUT2D eigenvalue weighted by atomic mass is 9.84. The second-order valence-corrected chi connectivity index (χ2v) is 18.1. The zero-order chi connectivity index (χ0) is 44.4. The molecule has 0 saturated carbocycles. The van der Waals surface area contributed by atoms with Crippen LogP contribution in [0.4, 0.5) is 28.4 Å². The molecule has 332 valence electrons. The number of halogens is 1. The molecule has 2 fully saturated rings. The Morgan fingerprint density at radius 2 is 1.78 bits per heavy atom. The lowest BCUT2D eigenvalue weighted by Crippen LogP contribution is -2.36. The summed E-state index contributed by atoms with van der Waals surface area (Å²) in [5.41, 5.74) is 4.90. The molecule has 1 unspecified atom stereocenters. The third-order valence-corrected chi connectivity index (χ3v) is 13.5. The minimum Gasteiger partial charge on any atom is -0.476 e. The monoisotopic (exact) mass is 907 g/mol. The first kappa shape index (κ1) is 43.0. The van der Waals surface area contributed by atoms with Crippen molar-refractivity contribution in [2.24, 2.45) is 5.92 Å². The van der Waals surface area contributed by atoms with Crippen LogP contribution < -0.4 is 24.6 Å². The van der Waals surface area contributed by atoms with Gasteiger partial charge in [-0.05, 0) is 96.5 Å². The molecule has 16 nitrogen and oxygen atoms in total. The molecule has 0 aliphatic carbocycles. The first-order valence-corrected chi connectivity index (χ1v) is 23.0. The number of carbonyl (C=O) groups is 1. The number of hydrogen-bond donors (Lipinski definition) is 4. The topological polar surface area (TPSA) is 201 Å². The summed E-state index contributed by atoms with van der Waals surface area (Å²) in [6, 6.07) is 27.9. The van der Waals surface area contributed by atoms with Gasteiger partial charge >= 0.3 is 0 Å². The lowest BCUT2D eigenvalue weighted by molar-refractivity contribution is -0.384. The molecule has 2 atom stereocenters. The molecule has 64 heavy (non-hydrogen) atoms. The molecule has 1 amide bonds. The molecule has 4 N–H and O–H groups in total. The highest BCUT2D eigenvalue weighted by atomic mass is 35.5. The van der Waals surface area contributed by atoms with Crippen LogP contribution in [0.3, 0.4) is 0 Å². The summed E-state index contributed by atoms with van der Waals surface area (Å²) in [5.74, 6) is -0.594. The quantitative estimate of drug-likeness (QED) is 0.0691. The van der Waals surface area contributed by atoms with Gasteiger partial charge in [0.15, 0.2) is 0 Å². The third-order valence-electron chi connectivity index (χ3n) is 11.9. The molecule has 2 saturated heterocycles. The van der Waals surface area contributed by atoms with Crippen molar-refractivity contribution in [3.8, 4) is 17.0 Å². The lowest BCUT2D eigenvalue weighted by Gasteiger charge is -2.37. The van der Waals surface area contributed by atoms with Crippen LogP contribution in [0.15, 0.2) is 108 Å². The predicted octanol–water partition coefficient (Wildman–Crippen LogP) is 7.61. The van der Waals surface area contributed by atoms with E-state index in [1.54, 1.807) is 18.3 Å². The number of aliphatic hydroxyl groups excluding tert-OH is 1. The van der Waals surface area contributed by atoms with Gasteiger partial charge in [0.1, 0.15) is 17.0 Å². The molecule has 18 heteroatoms. The number of amides is 1. The van der Waals surface area contributed by atoms with Crippen LogP contribution in [-0.4, -0.2) is 93.0 Å². The van der Waals surface area contributed by atoms with Crippen molar-refractivity contribution < 1.29 is 37.5 Å². The van der Waals surface area contributed by atoms with E-state index in [9.17, 15) is 28.4 Å². The van der Waals surface area contributed by atoms with E-state index in [4.69, 9.17) is 30.8 Å². The number of nitro benzene ring substituents is 1. The maximum absolute atomic E-state index is 14.3. The average molecular weight is 908 g/mol. The number of anilines is 4. The fourth-order valence-corrected chi connectivity index (χ4v) is 9.73. The van der Waals surface area contributed by atoms with E-state index in [0.29, 0.717) is 93.2 Å². The van der Waals surface area contributed by atoms with Crippen LogP contribution in [0.5, 0.6) is 5.88 Å². The number of hydrogen-bond acceptors (Lipinski definition) is 13. The van der Waals surface area contributed by atoms with Gasteiger partial charge in [-0.25, -0.2) is 13.1 Å². The number of pyridine rings is 1. The third kappa shape index (κ3) is 9.07. The first-order chi connectivity index (χ1) is 31.0. The van der Waals surface area contributed by atoms with Gasteiger partial charge in [0.25, 0.3) is 21.6 Å². The van der Waals surface area contributed by atoms with Crippen LogP contribution in [0.25, 0.3) is 22.2 Å². The number of nitro groups is 1. The summed E-state index contributed by atoms with van der Waals surface area (Å²) in [5, 5.41) is 28.3. The maximum atomic E-state index is 14.3. The van der Waals surface area contributed by atoms with Crippen molar-refractivity contribution in [2.45, 2.75) is 36.4 Å². The van der Waals surface area contributed by atoms with Crippen molar-refractivity contribution in [3.05, 3.63) is 130 Å². The number of aromatic nitrogens is 2. The number of nitrogens with one attached hydrogen (secondary N) is 3. The number of benzene rings is 4. The molecule has 0 radical (unpaired) electrons. The summed E-state index contributed by atoms with van der Waals surface area (Å²) < 4.78 is 47.1. The number of aromatic amines is 1. The van der Waals surface area contributed by atoms with Crippen LogP contribution in [-0.2, 0) is 19.5 Å². The summed E-state index contributed by atoms with van der Waals surface area (Å²) in [7, 11) is -4.62. The van der Waals surface area contributed by atoms with E-state index in [-0.39, 0.29) is 29.8 Å². The summed E-state index contributed by atoms with van der Waals surface area (Å²) >= 11 is 6.17. The minimum atomic E-state index is -4.62. The minimum absolute atomic E-state index is 0.0231. The Morgan fingerprint density at radius 1 is 0.969 bits per heavy atom.